The number of aliphatic carboxylic acids is 1. The molecule has 3 nitrogen and oxygen atoms in total. The van der Waals surface area contributed by atoms with Crippen molar-refractivity contribution in [3.8, 4) is 0 Å². The van der Waals surface area contributed by atoms with Gasteiger partial charge in [-0.25, -0.2) is 0 Å². The van der Waals surface area contributed by atoms with E-state index in [0.29, 0.717) is 6.29 Å². The van der Waals surface area contributed by atoms with E-state index in [1.54, 1.807) is 0 Å². The van der Waals surface area contributed by atoms with Crippen LogP contribution < -0.4 is 63.3 Å². The summed E-state index contributed by atoms with van der Waals surface area (Å²) in [6.07, 6.45) is 0.446. The molecular formula is C4H5O3Rb. The van der Waals surface area contributed by atoms with Crippen LogP contribution in [0, 0.1) is 0 Å². The summed E-state index contributed by atoms with van der Waals surface area (Å²) < 4.78 is 0. The van der Waals surface area contributed by atoms with E-state index >= 15 is 0 Å². The van der Waals surface area contributed by atoms with Gasteiger partial charge < -0.3 is 14.7 Å². The third kappa shape index (κ3) is 10.0. The van der Waals surface area contributed by atoms with Gasteiger partial charge in [0.1, 0.15) is 6.29 Å². The van der Waals surface area contributed by atoms with Gasteiger partial charge in [-0.2, -0.15) is 0 Å². The van der Waals surface area contributed by atoms with Crippen molar-refractivity contribution in [1.82, 2.24) is 0 Å². The second kappa shape index (κ2) is 7.95. The standard InChI is InChI=1S/C4H6O3.Rb/c5-3-1-2-4(6)7;/h3H,1-2H2,(H,6,7);/q;+1/p-1. The second-order valence-electron chi connectivity index (χ2n) is 1.08. The average molecular weight is 187 g/mol. The minimum Gasteiger partial charge on any atom is -0.550 e. The number of aldehydes is 1. The van der Waals surface area contributed by atoms with E-state index < -0.39 is 5.97 Å². The van der Waals surface area contributed by atoms with Crippen molar-refractivity contribution in [3.63, 3.8) is 0 Å². The number of carbonyl (C=O) groups is 2. The van der Waals surface area contributed by atoms with Crippen LogP contribution in [0.2, 0.25) is 0 Å². The molecule has 0 amide bonds. The zero-order valence-corrected chi connectivity index (χ0v) is 9.63. The first-order valence-electron chi connectivity index (χ1n) is 1.91. The number of carboxylic acid groups (broad SMARTS) is 1. The SMILES string of the molecule is O=CCCC(=O)[O-].[Rb+]. The molecule has 0 heterocycles. The van der Waals surface area contributed by atoms with Crippen LogP contribution in [0.25, 0.3) is 0 Å². The molecular weight excluding hydrogens is 182 g/mol. The molecule has 0 bridgehead atoms. The Morgan fingerprint density at radius 2 is 2.12 bits per heavy atom. The van der Waals surface area contributed by atoms with Crippen molar-refractivity contribution in [2.24, 2.45) is 0 Å². The smallest absolute Gasteiger partial charge is 0.550 e. The minimum atomic E-state index is -1.17. The van der Waals surface area contributed by atoms with Crippen LogP contribution in [-0.4, -0.2) is 12.3 Å². The molecule has 0 fully saturated rings. The summed E-state index contributed by atoms with van der Waals surface area (Å²) in [5, 5.41) is 9.49. The first-order valence-corrected chi connectivity index (χ1v) is 1.91. The van der Waals surface area contributed by atoms with Crippen molar-refractivity contribution in [1.29, 1.82) is 0 Å². The molecule has 4 heteroatoms. The Balaban J connectivity index is 0. The number of hydrogen-bond acceptors (Lipinski definition) is 3. The van der Waals surface area contributed by atoms with Crippen LogP contribution in [-0.2, 0) is 9.59 Å². The predicted octanol–water partition coefficient (Wildman–Crippen LogP) is -4.28. The van der Waals surface area contributed by atoms with E-state index in [4.69, 9.17) is 0 Å². The molecule has 0 aliphatic heterocycles. The van der Waals surface area contributed by atoms with E-state index in [1.165, 1.54) is 0 Å². The molecule has 8 heavy (non-hydrogen) atoms. The molecule has 0 radical (unpaired) electrons. The molecule has 0 aliphatic carbocycles. The molecule has 0 spiro atoms. The van der Waals surface area contributed by atoms with E-state index in [2.05, 4.69) is 0 Å². The molecule has 0 rings (SSSR count). The maximum atomic E-state index is 9.49. The monoisotopic (exact) mass is 186 g/mol. The summed E-state index contributed by atoms with van der Waals surface area (Å²) in [6, 6.07) is 0. The molecule has 0 N–H and O–H groups in total. The fourth-order valence-corrected chi connectivity index (χ4v) is 0.177. The van der Waals surface area contributed by atoms with Crippen molar-refractivity contribution < 1.29 is 72.9 Å². The van der Waals surface area contributed by atoms with Crippen molar-refractivity contribution in [2.45, 2.75) is 12.8 Å². The van der Waals surface area contributed by atoms with Gasteiger partial charge in [0.2, 0.25) is 0 Å². The third-order valence-corrected chi connectivity index (χ3v) is 0.466. The van der Waals surface area contributed by atoms with E-state index in [9.17, 15) is 14.7 Å². The first kappa shape index (κ1) is 11.7. The van der Waals surface area contributed by atoms with Gasteiger partial charge in [-0.3, -0.25) is 0 Å². The Morgan fingerprint density at radius 3 is 2.25 bits per heavy atom. The van der Waals surface area contributed by atoms with Gasteiger partial charge in [0.05, 0.1) is 0 Å². The average Bonchev–Trinajstić information content (AvgIpc) is 1.61. The fourth-order valence-electron chi connectivity index (χ4n) is 0.177. The Kier molecular flexibility index (Phi) is 11.6. The summed E-state index contributed by atoms with van der Waals surface area (Å²) >= 11 is 0. The van der Waals surface area contributed by atoms with E-state index in [-0.39, 0.29) is 71.0 Å². The van der Waals surface area contributed by atoms with Gasteiger partial charge >= 0.3 is 58.2 Å². The molecule has 40 valence electrons. The zero-order valence-electron chi connectivity index (χ0n) is 4.72. The van der Waals surface area contributed by atoms with Crippen molar-refractivity contribution >= 4 is 12.3 Å². The number of rotatable bonds is 3. The van der Waals surface area contributed by atoms with E-state index in [1.807, 2.05) is 0 Å². The molecule has 0 atom stereocenters. The van der Waals surface area contributed by atoms with Gasteiger partial charge in [0, 0.05) is 12.4 Å². The quantitative estimate of drug-likeness (QED) is 0.420. The van der Waals surface area contributed by atoms with Crippen LogP contribution in [0.1, 0.15) is 12.8 Å². The van der Waals surface area contributed by atoms with Gasteiger partial charge in [-0.15, -0.1) is 0 Å². The van der Waals surface area contributed by atoms with E-state index in [0.717, 1.165) is 0 Å². The summed E-state index contributed by atoms with van der Waals surface area (Å²) in [5.41, 5.74) is 0. The normalized spacial score (nSPS) is 7.00. The van der Waals surface area contributed by atoms with Crippen LogP contribution in [0.4, 0.5) is 0 Å². The second-order valence-corrected chi connectivity index (χ2v) is 1.08. The van der Waals surface area contributed by atoms with Gasteiger partial charge in [0.25, 0.3) is 0 Å². The molecule has 0 aromatic heterocycles. The van der Waals surface area contributed by atoms with Gasteiger partial charge in [-0.1, -0.05) is 0 Å². The number of carboxylic acids is 1. The maximum absolute atomic E-state index is 9.49. The van der Waals surface area contributed by atoms with Crippen LogP contribution in [0.3, 0.4) is 0 Å². The topological polar surface area (TPSA) is 57.2 Å². The molecule has 0 aliphatic rings. The van der Waals surface area contributed by atoms with Crippen LogP contribution in [0.15, 0.2) is 0 Å². The number of hydrogen-bond donors (Lipinski definition) is 0. The molecule has 0 aromatic carbocycles. The van der Waals surface area contributed by atoms with Crippen molar-refractivity contribution in [2.75, 3.05) is 0 Å². The largest absolute Gasteiger partial charge is 1.00 e. The van der Waals surface area contributed by atoms with Crippen LogP contribution in [0.5, 0.6) is 0 Å². The summed E-state index contributed by atoms with van der Waals surface area (Å²) in [5.74, 6) is -1.17. The summed E-state index contributed by atoms with van der Waals surface area (Å²) in [7, 11) is 0. The maximum Gasteiger partial charge on any atom is 1.00 e. The third-order valence-electron chi connectivity index (χ3n) is 0.466. The number of carbonyl (C=O) groups excluding carboxylic acids is 2. The minimum absolute atomic E-state index is 0. The fraction of sp³-hybridized carbons (Fsp3) is 0.500. The molecule has 0 saturated carbocycles. The van der Waals surface area contributed by atoms with Gasteiger partial charge in [-0.05, 0) is 6.42 Å². The first-order chi connectivity index (χ1) is 3.27. The molecule has 0 saturated heterocycles. The Hall–Kier alpha value is 0.945. The Bertz CT molecular complexity index is 81.4. The Morgan fingerprint density at radius 1 is 1.62 bits per heavy atom. The predicted molar refractivity (Wildman–Crippen MR) is 20.3 cm³/mol. The molecule has 0 unspecified atom stereocenters. The zero-order chi connectivity index (χ0) is 5.70. The summed E-state index contributed by atoms with van der Waals surface area (Å²) in [4.78, 5) is 18.9. The Labute approximate surface area is 96.2 Å². The van der Waals surface area contributed by atoms with Crippen LogP contribution >= 0.6 is 0 Å². The molecule has 0 aromatic rings. The van der Waals surface area contributed by atoms with Crippen molar-refractivity contribution in [3.05, 3.63) is 0 Å². The summed E-state index contributed by atoms with van der Waals surface area (Å²) in [6.45, 7) is 0. The van der Waals surface area contributed by atoms with Gasteiger partial charge in [0.15, 0.2) is 0 Å².